The maximum Gasteiger partial charge on any atom is 0.256 e. The first-order valence-corrected chi connectivity index (χ1v) is 6.59. The van der Waals surface area contributed by atoms with E-state index in [1.165, 1.54) is 24.3 Å². The van der Waals surface area contributed by atoms with Gasteiger partial charge >= 0.3 is 0 Å². The molecule has 0 bridgehead atoms. The van der Waals surface area contributed by atoms with Gasteiger partial charge in [0.2, 0.25) is 5.91 Å². The van der Waals surface area contributed by atoms with Crippen molar-refractivity contribution in [3.05, 3.63) is 60.4 Å². The molecule has 1 saturated heterocycles. The summed E-state index contributed by atoms with van der Waals surface area (Å²) < 4.78 is 12.9. The zero-order chi connectivity index (χ0) is 14.8. The van der Waals surface area contributed by atoms with E-state index in [4.69, 9.17) is 0 Å². The molecule has 0 radical (unpaired) electrons. The van der Waals surface area contributed by atoms with Crippen molar-refractivity contribution in [3.8, 4) is 0 Å². The van der Waals surface area contributed by atoms with E-state index in [2.05, 4.69) is 5.32 Å². The molecule has 0 aromatic heterocycles. The van der Waals surface area contributed by atoms with Crippen LogP contribution >= 0.6 is 0 Å². The van der Waals surface area contributed by atoms with Crippen LogP contribution in [0.25, 0.3) is 0 Å². The molecule has 1 aliphatic rings. The summed E-state index contributed by atoms with van der Waals surface area (Å²) in [5.74, 6) is -1.02. The molecular formula is C16H13FN2O2. The summed E-state index contributed by atoms with van der Waals surface area (Å²) in [6, 6.07) is 14.0. The van der Waals surface area contributed by atoms with E-state index in [-0.39, 0.29) is 18.2 Å². The Hall–Kier alpha value is -2.69. The number of halogens is 1. The lowest BCUT2D eigenvalue weighted by Gasteiger charge is -2.16. The minimum atomic E-state index is -0.593. The summed E-state index contributed by atoms with van der Waals surface area (Å²) >= 11 is 0. The molecule has 1 aliphatic heterocycles. The average Bonchev–Trinajstić information content (AvgIpc) is 2.76. The number of nitrogens with one attached hydrogen (secondary N) is 1. The molecule has 0 aliphatic carbocycles. The van der Waals surface area contributed by atoms with Crippen molar-refractivity contribution in [1.29, 1.82) is 0 Å². The Morgan fingerprint density at radius 1 is 1.00 bits per heavy atom. The first-order valence-electron chi connectivity index (χ1n) is 6.59. The van der Waals surface area contributed by atoms with Crippen LogP contribution in [0.5, 0.6) is 0 Å². The smallest absolute Gasteiger partial charge is 0.256 e. The van der Waals surface area contributed by atoms with Crippen LogP contribution in [-0.2, 0) is 9.59 Å². The van der Waals surface area contributed by atoms with Gasteiger partial charge in [0.1, 0.15) is 11.9 Å². The van der Waals surface area contributed by atoms with Gasteiger partial charge in [-0.25, -0.2) is 9.29 Å². The molecule has 0 saturated carbocycles. The molecule has 5 heteroatoms. The van der Waals surface area contributed by atoms with Gasteiger partial charge in [-0.2, -0.15) is 0 Å². The molecule has 4 nitrogen and oxygen atoms in total. The topological polar surface area (TPSA) is 49.4 Å². The highest BCUT2D eigenvalue weighted by atomic mass is 19.1. The second-order valence-corrected chi connectivity index (χ2v) is 4.81. The van der Waals surface area contributed by atoms with Crippen LogP contribution in [0.3, 0.4) is 0 Å². The van der Waals surface area contributed by atoms with Gasteiger partial charge in [0.15, 0.2) is 0 Å². The summed E-state index contributed by atoms with van der Waals surface area (Å²) in [5.41, 5.74) is 1.17. The van der Waals surface area contributed by atoms with Crippen molar-refractivity contribution < 1.29 is 14.0 Å². The maximum absolute atomic E-state index is 12.9. The van der Waals surface area contributed by atoms with Gasteiger partial charge in [0.25, 0.3) is 5.91 Å². The van der Waals surface area contributed by atoms with Crippen molar-refractivity contribution in [2.45, 2.75) is 12.5 Å². The van der Waals surface area contributed by atoms with Crippen LogP contribution in [0.1, 0.15) is 6.42 Å². The molecule has 1 fully saturated rings. The number of amides is 2. The molecule has 1 atom stereocenters. The zero-order valence-corrected chi connectivity index (χ0v) is 11.1. The number of anilines is 2. The van der Waals surface area contributed by atoms with Gasteiger partial charge in [-0.15, -0.1) is 0 Å². The third-order valence-electron chi connectivity index (χ3n) is 3.35. The van der Waals surface area contributed by atoms with Crippen molar-refractivity contribution in [1.82, 2.24) is 0 Å². The Bertz CT molecular complexity index is 670. The number of benzene rings is 2. The van der Waals surface area contributed by atoms with Crippen molar-refractivity contribution in [2.75, 3.05) is 10.2 Å². The molecule has 0 spiro atoms. The molecule has 1 N–H and O–H groups in total. The molecule has 106 valence electrons. The average molecular weight is 284 g/mol. The van der Waals surface area contributed by atoms with Crippen LogP contribution in [0, 0.1) is 5.82 Å². The molecule has 3 rings (SSSR count). The third-order valence-corrected chi connectivity index (χ3v) is 3.35. The number of imide groups is 1. The van der Waals surface area contributed by atoms with Crippen LogP contribution in [0.15, 0.2) is 54.6 Å². The van der Waals surface area contributed by atoms with Gasteiger partial charge < -0.3 is 5.32 Å². The normalized spacial score (nSPS) is 18.1. The molecule has 21 heavy (non-hydrogen) atoms. The van der Waals surface area contributed by atoms with Gasteiger partial charge in [0, 0.05) is 5.69 Å². The van der Waals surface area contributed by atoms with Crippen LogP contribution < -0.4 is 10.2 Å². The fourth-order valence-corrected chi connectivity index (χ4v) is 2.34. The Labute approximate surface area is 121 Å². The van der Waals surface area contributed by atoms with Gasteiger partial charge in [-0.3, -0.25) is 9.59 Å². The fourth-order valence-electron chi connectivity index (χ4n) is 2.34. The van der Waals surface area contributed by atoms with Crippen molar-refractivity contribution in [2.24, 2.45) is 0 Å². The summed E-state index contributed by atoms with van der Waals surface area (Å²) in [5, 5.41) is 3.05. The summed E-state index contributed by atoms with van der Waals surface area (Å²) in [6.07, 6.45) is 0.0884. The van der Waals surface area contributed by atoms with E-state index in [1.54, 1.807) is 0 Å². The number of nitrogens with zero attached hydrogens (tertiary/aromatic N) is 1. The predicted molar refractivity (Wildman–Crippen MR) is 77.4 cm³/mol. The predicted octanol–water partition coefficient (Wildman–Crippen LogP) is 2.57. The SMILES string of the molecule is O=C1CC(Nc2ccccc2)C(=O)N1c1ccc(F)cc1. The van der Waals surface area contributed by atoms with E-state index >= 15 is 0 Å². The summed E-state index contributed by atoms with van der Waals surface area (Å²) in [7, 11) is 0. The van der Waals surface area contributed by atoms with Gasteiger partial charge in [0.05, 0.1) is 12.1 Å². The molecule has 2 aromatic carbocycles. The Balaban J connectivity index is 1.80. The molecule has 2 amide bonds. The third kappa shape index (κ3) is 2.63. The Morgan fingerprint density at radius 3 is 2.33 bits per heavy atom. The van der Waals surface area contributed by atoms with Crippen LogP contribution in [0.4, 0.5) is 15.8 Å². The molecule has 2 aromatic rings. The Kier molecular flexibility index (Phi) is 3.39. The minimum Gasteiger partial charge on any atom is -0.373 e. The number of hydrogen-bond acceptors (Lipinski definition) is 3. The van der Waals surface area contributed by atoms with E-state index in [0.717, 1.165) is 10.6 Å². The molecule has 1 unspecified atom stereocenters. The molecular weight excluding hydrogens is 271 g/mol. The monoisotopic (exact) mass is 284 g/mol. The quantitative estimate of drug-likeness (QED) is 0.881. The summed E-state index contributed by atoms with van der Waals surface area (Å²) in [4.78, 5) is 25.5. The molecule has 1 heterocycles. The number of rotatable bonds is 3. The van der Waals surface area contributed by atoms with E-state index < -0.39 is 11.9 Å². The number of carbonyl (C=O) groups excluding carboxylic acids is 2. The zero-order valence-electron chi connectivity index (χ0n) is 11.1. The number of carbonyl (C=O) groups is 2. The van der Waals surface area contributed by atoms with Crippen molar-refractivity contribution in [3.63, 3.8) is 0 Å². The van der Waals surface area contributed by atoms with Crippen LogP contribution in [0.2, 0.25) is 0 Å². The second-order valence-electron chi connectivity index (χ2n) is 4.81. The van der Waals surface area contributed by atoms with E-state index in [0.29, 0.717) is 5.69 Å². The highest BCUT2D eigenvalue weighted by Crippen LogP contribution is 2.25. The van der Waals surface area contributed by atoms with E-state index in [9.17, 15) is 14.0 Å². The lowest BCUT2D eigenvalue weighted by Crippen LogP contribution is -2.34. The minimum absolute atomic E-state index is 0.0884. The maximum atomic E-state index is 12.9. The highest BCUT2D eigenvalue weighted by molar-refractivity contribution is 6.23. The number of hydrogen-bond donors (Lipinski definition) is 1. The van der Waals surface area contributed by atoms with E-state index in [1.807, 2.05) is 30.3 Å². The lowest BCUT2D eigenvalue weighted by molar-refractivity contribution is -0.121. The largest absolute Gasteiger partial charge is 0.373 e. The second kappa shape index (κ2) is 5.36. The van der Waals surface area contributed by atoms with Gasteiger partial charge in [-0.1, -0.05) is 18.2 Å². The lowest BCUT2D eigenvalue weighted by atomic mass is 10.2. The highest BCUT2D eigenvalue weighted by Gasteiger charge is 2.39. The first-order chi connectivity index (χ1) is 10.1. The van der Waals surface area contributed by atoms with Crippen molar-refractivity contribution >= 4 is 23.2 Å². The van der Waals surface area contributed by atoms with Gasteiger partial charge in [-0.05, 0) is 36.4 Å². The standard InChI is InChI=1S/C16H13FN2O2/c17-11-6-8-13(9-7-11)19-15(20)10-14(16(19)21)18-12-4-2-1-3-5-12/h1-9,14,18H,10H2. The first kappa shape index (κ1) is 13.3. The number of para-hydroxylation sites is 1. The summed E-state index contributed by atoms with van der Waals surface area (Å²) in [6.45, 7) is 0. The Morgan fingerprint density at radius 2 is 1.67 bits per heavy atom. The fraction of sp³-hybridized carbons (Fsp3) is 0.125. The van der Waals surface area contributed by atoms with Crippen LogP contribution in [-0.4, -0.2) is 17.9 Å².